The van der Waals surface area contributed by atoms with Gasteiger partial charge in [-0.05, 0) is 39.3 Å². The number of alkyl carbamates (subject to hydrolysis) is 1. The second kappa shape index (κ2) is 8.29. The van der Waals surface area contributed by atoms with Crippen LogP contribution in [0.15, 0.2) is 34.1 Å². The van der Waals surface area contributed by atoms with Crippen LogP contribution >= 0.6 is 0 Å². The number of aliphatic carboxylic acids is 1. The molecular formula is C19H24N4O6. The molecule has 0 saturated carbocycles. The zero-order valence-corrected chi connectivity index (χ0v) is 16.9. The van der Waals surface area contributed by atoms with E-state index in [0.717, 1.165) is 4.57 Å². The molecule has 0 spiro atoms. The average Bonchev–Trinajstić information content (AvgIpc) is 2.59. The number of carbonyl (C=O) groups is 2. The number of nitrogens with zero attached hydrogens (tertiary/aromatic N) is 3. The van der Waals surface area contributed by atoms with E-state index < -0.39 is 35.0 Å². The van der Waals surface area contributed by atoms with Gasteiger partial charge in [-0.1, -0.05) is 6.07 Å². The number of hydrogen-bond donors (Lipinski definition) is 2. The van der Waals surface area contributed by atoms with Gasteiger partial charge in [-0.3, -0.25) is 4.79 Å². The summed E-state index contributed by atoms with van der Waals surface area (Å²) in [7, 11) is 1.53. The Morgan fingerprint density at radius 1 is 1.28 bits per heavy atom. The lowest BCUT2D eigenvalue weighted by atomic mass is 10.1. The zero-order chi connectivity index (χ0) is 21.9. The third-order valence-corrected chi connectivity index (χ3v) is 3.89. The maximum atomic E-state index is 12.3. The molecule has 0 fully saturated rings. The Labute approximate surface area is 166 Å². The first-order valence-corrected chi connectivity index (χ1v) is 8.86. The maximum absolute atomic E-state index is 12.3. The summed E-state index contributed by atoms with van der Waals surface area (Å²) < 4.78 is 7.29. The second-order valence-electron chi connectivity index (χ2n) is 7.61. The fourth-order valence-corrected chi connectivity index (χ4v) is 2.58. The Bertz CT molecular complexity index is 996. The van der Waals surface area contributed by atoms with Crippen molar-refractivity contribution in [2.75, 3.05) is 0 Å². The lowest BCUT2D eigenvalue weighted by molar-refractivity contribution is -0.139. The van der Waals surface area contributed by atoms with Crippen LogP contribution in [0.4, 0.5) is 4.79 Å². The van der Waals surface area contributed by atoms with Crippen LogP contribution in [-0.2, 0) is 23.0 Å². The fourth-order valence-electron chi connectivity index (χ4n) is 2.58. The first kappa shape index (κ1) is 21.9. The van der Waals surface area contributed by atoms with E-state index in [1.807, 2.05) is 0 Å². The molecule has 1 amide bonds. The molecule has 10 heteroatoms. The van der Waals surface area contributed by atoms with Crippen molar-refractivity contribution in [1.29, 1.82) is 0 Å². The monoisotopic (exact) mass is 404 g/mol. The highest BCUT2D eigenvalue weighted by molar-refractivity contribution is 5.80. The molecule has 1 unspecified atom stereocenters. The summed E-state index contributed by atoms with van der Waals surface area (Å²) in [5.41, 5.74) is -0.914. The number of amides is 1. The average molecular weight is 404 g/mol. The van der Waals surface area contributed by atoms with E-state index in [-0.39, 0.29) is 12.2 Å². The van der Waals surface area contributed by atoms with Crippen molar-refractivity contribution >= 4 is 12.1 Å². The molecule has 0 saturated heterocycles. The molecule has 29 heavy (non-hydrogen) atoms. The first-order valence-electron chi connectivity index (χ1n) is 8.86. The van der Waals surface area contributed by atoms with Crippen molar-refractivity contribution < 1.29 is 19.4 Å². The Hall–Kier alpha value is -3.43. The number of carboxylic acid groups (broad SMARTS) is 1. The minimum atomic E-state index is -1.23. The molecule has 2 rings (SSSR count). The van der Waals surface area contributed by atoms with Crippen LogP contribution in [0.2, 0.25) is 0 Å². The highest BCUT2D eigenvalue weighted by atomic mass is 16.6. The van der Waals surface area contributed by atoms with Gasteiger partial charge in [0.05, 0.1) is 0 Å². The van der Waals surface area contributed by atoms with Gasteiger partial charge in [-0.15, -0.1) is 0 Å². The first-order chi connectivity index (χ1) is 13.4. The highest BCUT2D eigenvalue weighted by Crippen LogP contribution is 2.09. The van der Waals surface area contributed by atoms with E-state index in [1.165, 1.54) is 30.1 Å². The molecule has 156 valence electrons. The minimum Gasteiger partial charge on any atom is -0.480 e. The van der Waals surface area contributed by atoms with E-state index in [2.05, 4.69) is 10.3 Å². The van der Waals surface area contributed by atoms with Gasteiger partial charge < -0.3 is 19.7 Å². The largest absolute Gasteiger partial charge is 0.480 e. The van der Waals surface area contributed by atoms with Gasteiger partial charge in [0.15, 0.2) is 0 Å². The Balaban J connectivity index is 2.24. The summed E-state index contributed by atoms with van der Waals surface area (Å²) in [6, 6.07) is 1.76. The molecule has 1 atom stereocenters. The summed E-state index contributed by atoms with van der Waals surface area (Å²) in [6.45, 7) is 6.60. The molecule has 0 radical (unpaired) electrons. The molecule has 0 bridgehead atoms. The summed E-state index contributed by atoms with van der Waals surface area (Å²) in [4.78, 5) is 52.0. The van der Waals surface area contributed by atoms with E-state index in [9.17, 15) is 24.3 Å². The van der Waals surface area contributed by atoms with Crippen molar-refractivity contribution in [2.45, 2.75) is 45.8 Å². The summed E-state index contributed by atoms with van der Waals surface area (Å²) in [5, 5.41) is 11.7. The van der Waals surface area contributed by atoms with Crippen LogP contribution in [0.5, 0.6) is 0 Å². The van der Waals surface area contributed by atoms with Gasteiger partial charge in [0.1, 0.15) is 17.5 Å². The number of hydrogen-bond acceptors (Lipinski definition) is 6. The normalized spacial score (nSPS) is 12.3. The number of pyridine rings is 1. The molecule has 2 aromatic heterocycles. The molecule has 0 aliphatic carbocycles. The molecule has 0 aromatic carbocycles. The van der Waals surface area contributed by atoms with Crippen molar-refractivity contribution in [2.24, 2.45) is 7.05 Å². The maximum Gasteiger partial charge on any atom is 0.408 e. The van der Waals surface area contributed by atoms with Crippen LogP contribution in [0.25, 0.3) is 5.82 Å². The molecule has 0 aliphatic rings. The minimum absolute atomic E-state index is 0.0530. The van der Waals surface area contributed by atoms with Gasteiger partial charge in [-0.25, -0.2) is 23.9 Å². The number of rotatable bonds is 5. The molecule has 10 nitrogen and oxygen atoms in total. The topological polar surface area (TPSA) is 133 Å². The highest BCUT2D eigenvalue weighted by Gasteiger charge is 2.24. The Morgan fingerprint density at radius 3 is 2.45 bits per heavy atom. The number of carboxylic acids is 1. The second-order valence-corrected chi connectivity index (χ2v) is 7.61. The number of carbonyl (C=O) groups excluding carboxylic acids is 1. The van der Waals surface area contributed by atoms with Crippen molar-refractivity contribution in [3.05, 3.63) is 56.5 Å². The third kappa shape index (κ3) is 5.53. The van der Waals surface area contributed by atoms with Crippen molar-refractivity contribution in [3.8, 4) is 5.82 Å². The van der Waals surface area contributed by atoms with Crippen LogP contribution in [0, 0.1) is 6.92 Å². The van der Waals surface area contributed by atoms with Crippen molar-refractivity contribution in [3.63, 3.8) is 0 Å². The molecule has 2 heterocycles. The van der Waals surface area contributed by atoms with Crippen LogP contribution in [-0.4, -0.2) is 42.9 Å². The Morgan fingerprint density at radius 2 is 1.93 bits per heavy atom. The van der Waals surface area contributed by atoms with E-state index in [4.69, 9.17) is 4.74 Å². The SMILES string of the molecule is Cc1cn(C)c(=O)n(-c2ccc(CC(NC(=O)OC(C)(C)C)C(=O)O)cn2)c1=O. The van der Waals surface area contributed by atoms with Crippen molar-refractivity contribution in [1.82, 2.24) is 19.4 Å². The molecular weight excluding hydrogens is 380 g/mol. The van der Waals surface area contributed by atoms with Crippen LogP contribution in [0.3, 0.4) is 0 Å². The summed E-state index contributed by atoms with van der Waals surface area (Å²) in [5.74, 6) is -1.11. The Kier molecular flexibility index (Phi) is 6.25. The summed E-state index contributed by atoms with van der Waals surface area (Å²) >= 11 is 0. The third-order valence-electron chi connectivity index (χ3n) is 3.89. The number of nitrogens with one attached hydrogen (secondary N) is 1. The van der Waals surface area contributed by atoms with Gasteiger partial charge in [-0.2, -0.15) is 0 Å². The molecule has 2 aromatic rings. The van der Waals surface area contributed by atoms with Gasteiger partial charge >= 0.3 is 17.8 Å². The zero-order valence-electron chi connectivity index (χ0n) is 16.9. The van der Waals surface area contributed by atoms with E-state index in [1.54, 1.807) is 33.8 Å². The smallest absolute Gasteiger partial charge is 0.408 e. The van der Waals surface area contributed by atoms with Crippen LogP contribution in [0.1, 0.15) is 31.9 Å². The molecule has 0 aliphatic heterocycles. The number of aryl methyl sites for hydroxylation is 2. The van der Waals surface area contributed by atoms with Crippen LogP contribution < -0.4 is 16.6 Å². The van der Waals surface area contributed by atoms with E-state index >= 15 is 0 Å². The predicted molar refractivity (Wildman–Crippen MR) is 104 cm³/mol. The van der Waals surface area contributed by atoms with Gasteiger partial charge in [0, 0.05) is 31.4 Å². The fraction of sp³-hybridized carbons (Fsp3) is 0.421. The quantitative estimate of drug-likeness (QED) is 0.752. The lowest BCUT2D eigenvalue weighted by Gasteiger charge is -2.22. The van der Waals surface area contributed by atoms with E-state index in [0.29, 0.717) is 11.1 Å². The molecule has 2 N–H and O–H groups in total. The van der Waals surface area contributed by atoms with Gasteiger partial charge in [0.2, 0.25) is 0 Å². The predicted octanol–water partition coefficient (Wildman–Crippen LogP) is 0.760. The number of aromatic nitrogens is 3. The summed E-state index contributed by atoms with van der Waals surface area (Å²) in [6.07, 6.45) is 1.90. The lowest BCUT2D eigenvalue weighted by Crippen LogP contribution is -2.44. The van der Waals surface area contributed by atoms with Gasteiger partial charge in [0.25, 0.3) is 5.56 Å². The standard InChI is InChI=1S/C19H24N4O6/c1-11-10-22(5)18(28)23(15(11)24)14-7-6-12(9-20-14)8-13(16(25)26)21-17(27)29-19(2,3)4/h6-7,9-10,13H,8H2,1-5H3,(H,21,27)(H,25,26). The number of ether oxygens (including phenoxy) is 1.